The van der Waals surface area contributed by atoms with Crippen molar-refractivity contribution in [3.63, 3.8) is 0 Å². The molecule has 0 bridgehead atoms. The molecule has 0 amide bonds. The molecule has 1 aliphatic rings. The Morgan fingerprint density at radius 1 is 1.23 bits per heavy atom. The summed E-state index contributed by atoms with van der Waals surface area (Å²) in [5.74, 6) is 1.35. The van der Waals surface area contributed by atoms with Gasteiger partial charge in [-0.3, -0.25) is 9.47 Å². The van der Waals surface area contributed by atoms with Gasteiger partial charge >= 0.3 is 0 Å². The van der Waals surface area contributed by atoms with Crippen molar-refractivity contribution in [2.75, 3.05) is 18.1 Å². The minimum atomic E-state index is -2.94. The van der Waals surface area contributed by atoms with Crippen molar-refractivity contribution in [1.29, 1.82) is 0 Å². The molecule has 3 aromatic rings. The highest BCUT2D eigenvalue weighted by Gasteiger charge is 2.32. The van der Waals surface area contributed by atoms with Crippen LogP contribution < -0.4 is 0 Å². The quantitative estimate of drug-likeness (QED) is 0.473. The first-order valence-electron chi connectivity index (χ1n) is 10.2. The topological polar surface area (TPSA) is 60.1 Å². The molecular weight excluding hydrogens is 436 g/mol. The van der Waals surface area contributed by atoms with Gasteiger partial charge in [0, 0.05) is 6.04 Å². The average Bonchev–Trinajstić information content (AvgIpc) is 3.44. The van der Waals surface area contributed by atoms with Gasteiger partial charge in [-0.05, 0) is 48.6 Å². The van der Waals surface area contributed by atoms with Gasteiger partial charge in [-0.25, -0.2) is 13.1 Å². The average molecular weight is 463 g/mol. The maximum absolute atomic E-state index is 12.0. The molecule has 0 spiro atoms. The molecule has 1 aliphatic heterocycles. The Bertz CT molecular complexity index is 1130. The second-order valence-corrected chi connectivity index (χ2v) is 11.2. The van der Waals surface area contributed by atoms with Crippen LogP contribution in [0.5, 0.6) is 0 Å². The zero-order valence-corrected chi connectivity index (χ0v) is 19.4. The summed E-state index contributed by atoms with van der Waals surface area (Å²) in [6.45, 7) is 4.09. The molecule has 30 heavy (non-hydrogen) atoms. The van der Waals surface area contributed by atoms with Crippen molar-refractivity contribution in [1.82, 2.24) is 19.2 Å². The highest BCUT2D eigenvalue weighted by Crippen LogP contribution is 2.25. The van der Waals surface area contributed by atoms with Gasteiger partial charge in [-0.2, -0.15) is 0 Å². The fourth-order valence-electron chi connectivity index (χ4n) is 3.92. The zero-order valence-electron chi connectivity index (χ0n) is 17.0. The summed E-state index contributed by atoms with van der Waals surface area (Å²) in [6, 6.07) is 14.3. The normalized spacial score (nSPS) is 18.3. The fraction of sp³-hybridized carbons (Fsp3) is 0.429. The smallest absolute Gasteiger partial charge is 0.199 e. The van der Waals surface area contributed by atoms with Gasteiger partial charge in [0.15, 0.2) is 20.4 Å². The number of nitrogens with zero attached hydrogens (tertiary/aromatic N) is 4. The summed E-state index contributed by atoms with van der Waals surface area (Å²) < 4.78 is 28.6. The largest absolute Gasteiger partial charge is 0.295 e. The molecule has 1 unspecified atom stereocenters. The Hall–Kier alpha value is -1.81. The first-order chi connectivity index (χ1) is 14.5. The number of hydrogen-bond donors (Lipinski definition) is 0. The summed E-state index contributed by atoms with van der Waals surface area (Å²) in [7, 11) is -2.94. The summed E-state index contributed by atoms with van der Waals surface area (Å²) in [5.41, 5.74) is 1.17. The Labute approximate surface area is 186 Å². The third-order valence-electron chi connectivity index (χ3n) is 5.40. The van der Waals surface area contributed by atoms with Crippen LogP contribution in [0.2, 0.25) is 0 Å². The maximum atomic E-state index is 12.0. The predicted molar refractivity (Wildman–Crippen MR) is 124 cm³/mol. The number of aromatic nitrogens is 3. The van der Waals surface area contributed by atoms with Gasteiger partial charge in [-0.15, -0.1) is 16.4 Å². The summed E-state index contributed by atoms with van der Waals surface area (Å²) in [4.78, 5) is 3.29. The van der Waals surface area contributed by atoms with Crippen LogP contribution in [-0.4, -0.2) is 51.8 Å². The van der Waals surface area contributed by atoms with Crippen LogP contribution >= 0.6 is 23.6 Å². The summed E-state index contributed by atoms with van der Waals surface area (Å²) >= 11 is 7.47. The molecule has 0 aliphatic carbocycles. The monoisotopic (exact) mass is 462 g/mol. The molecule has 0 radical (unpaired) electrons. The van der Waals surface area contributed by atoms with Gasteiger partial charge in [0.2, 0.25) is 0 Å². The Morgan fingerprint density at radius 2 is 2.03 bits per heavy atom. The van der Waals surface area contributed by atoms with E-state index in [4.69, 9.17) is 17.3 Å². The molecule has 1 saturated heterocycles. The summed E-state index contributed by atoms with van der Waals surface area (Å²) in [5, 5.41) is 6.91. The van der Waals surface area contributed by atoms with Crippen molar-refractivity contribution in [2.24, 2.45) is 0 Å². The van der Waals surface area contributed by atoms with Crippen molar-refractivity contribution in [3.8, 4) is 10.7 Å². The molecular formula is C21H26N4O2S3. The molecule has 4 rings (SSSR count). The first-order valence-corrected chi connectivity index (χ1v) is 13.3. The molecule has 1 fully saturated rings. The van der Waals surface area contributed by atoms with Crippen molar-refractivity contribution in [2.45, 2.75) is 39.0 Å². The van der Waals surface area contributed by atoms with E-state index in [2.05, 4.69) is 34.6 Å². The third-order valence-corrected chi connectivity index (χ3v) is 8.45. The third kappa shape index (κ3) is 4.74. The lowest BCUT2D eigenvalue weighted by Gasteiger charge is -2.27. The summed E-state index contributed by atoms with van der Waals surface area (Å²) in [6.07, 6.45) is 1.63. The standard InChI is InChI=1S/C21H26N4O2S3/c1-2-11-23(18-10-13-30(26,27)15-18)16-25-21(28)24(14-17-7-4-3-5-8-17)20(22-25)19-9-6-12-29-19/h3-9,12,18H,2,10-11,13-16H2,1H3. The molecule has 1 aromatic carbocycles. The number of rotatable bonds is 8. The Balaban J connectivity index is 1.67. The van der Waals surface area contributed by atoms with Gasteiger partial charge in [0.25, 0.3) is 0 Å². The van der Waals surface area contributed by atoms with Crippen LogP contribution in [0.1, 0.15) is 25.3 Å². The van der Waals surface area contributed by atoms with Gasteiger partial charge in [-0.1, -0.05) is 43.3 Å². The van der Waals surface area contributed by atoms with Crippen LogP contribution in [0.25, 0.3) is 10.7 Å². The van der Waals surface area contributed by atoms with E-state index in [1.807, 2.05) is 34.3 Å². The highest BCUT2D eigenvalue weighted by atomic mass is 32.2. The SMILES string of the molecule is CCCN(Cn1nc(-c2cccs2)n(Cc2ccccc2)c1=S)C1CCS(=O)(=O)C1. The maximum Gasteiger partial charge on any atom is 0.199 e. The second kappa shape index (κ2) is 9.13. The molecule has 2 aromatic heterocycles. The Morgan fingerprint density at radius 3 is 2.67 bits per heavy atom. The van der Waals surface area contributed by atoms with E-state index in [-0.39, 0.29) is 17.5 Å². The van der Waals surface area contributed by atoms with Gasteiger partial charge in [0.1, 0.15) is 0 Å². The minimum Gasteiger partial charge on any atom is -0.295 e. The van der Waals surface area contributed by atoms with E-state index in [1.165, 1.54) is 5.56 Å². The molecule has 9 heteroatoms. The van der Waals surface area contributed by atoms with Crippen LogP contribution in [0.3, 0.4) is 0 Å². The predicted octanol–water partition coefficient (Wildman–Crippen LogP) is 4.05. The van der Waals surface area contributed by atoms with E-state index in [9.17, 15) is 8.42 Å². The van der Waals surface area contributed by atoms with E-state index in [0.29, 0.717) is 24.4 Å². The first kappa shape index (κ1) is 21.4. The zero-order chi connectivity index (χ0) is 21.1. The van der Waals surface area contributed by atoms with E-state index >= 15 is 0 Å². The van der Waals surface area contributed by atoms with Crippen LogP contribution in [0.15, 0.2) is 47.8 Å². The number of sulfone groups is 1. The molecule has 0 N–H and O–H groups in total. The van der Waals surface area contributed by atoms with E-state index in [1.54, 1.807) is 11.3 Å². The second-order valence-electron chi connectivity index (χ2n) is 7.67. The lowest BCUT2D eigenvalue weighted by Crippen LogP contribution is -2.38. The Kier molecular flexibility index (Phi) is 6.52. The van der Waals surface area contributed by atoms with E-state index in [0.717, 1.165) is 23.7 Å². The highest BCUT2D eigenvalue weighted by molar-refractivity contribution is 7.91. The lowest BCUT2D eigenvalue weighted by molar-refractivity contribution is 0.155. The lowest BCUT2D eigenvalue weighted by atomic mass is 10.2. The number of thiophene rings is 1. The molecule has 3 heterocycles. The molecule has 0 saturated carbocycles. The van der Waals surface area contributed by atoms with Gasteiger partial charge in [0.05, 0.1) is 29.6 Å². The van der Waals surface area contributed by atoms with Crippen LogP contribution in [0.4, 0.5) is 0 Å². The molecule has 1 atom stereocenters. The molecule has 160 valence electrons. The van der Waals surface area contributed by atoms with Crippen LogP contribution in [0, 0.1) is 4.77 Å². The van der Waals surface area contributed by atoms with E-state index < -0.39 is 9.84 Å². The van der Waals surface area contributed by atoms with Crippen molar-refractivity contribution >= 4 is 33.4 Å². The minimum absolute atomic E-state index is 0.0290. The number of hydrogen-bond acceptors (Lipinski definition) is 6. The number of benzene rings is 1. The van der Waals surface area contributed by atoms with Crippen molar-refractivity contribution in [3.05, 3.63) is 58.2 Å². The van der Waals surface area contributed by atoms with Gasteiger partial charge < -0.3 is 0 Å². The fourth-order valence-corrected chi connectivity index (χ4v) is 6.65. The van der Waals surface area contributed by atoms with Crippen molar-refractivity contribution < 1.29 is 8.42 Å². The molecule has 6 nitrogen and oxygen atoms in total. The van der Waals surface area contributed by atoms with Crippen LogP contribution in [-0.2, 0) is 23.1 Å².